The number of ether oxygens (including phenoxy) is 2. The highest BCUT2D eigenvalue weighted by atomic mass is 35.5. The van der Waals surface area contributed by atoms with Crippen molar-refractivity contribution in [2.75, 3.05) is 13.7 Å². The highest BCUT2D eigenvalue weighted by Gasteiger charge is 2.33. The van der Waals surface area contributed by atoms with Gasteiger partial charge >= 0.3 is 0 Å². The van der Waals surface area contributed by atoms with Crippen LogP contribution in [0.4, 0.5) is 0 Å². The fraction of sp³-hybridized carbons (Fsp3) is 0.571. The van der Waals surface area contributed by atoms with Crippen LogP contribution >= 0.6 is 11.6 Å². The molecule has 94 valence electrons. The molecular formula is C14H19ClO2. The van der Waals surface area contributed by atoms with Crippen molar-refractivity contribution < 1.29 is 9.47 Å². The Morgan fingerprint density at radius 1 is 1.47 bits per heavy atom. The molecule has 2 rings (SSSR count). The molecule has 3 heteroatoms. The van der Waals surface area contributed by atoms with E-state index in [0.29, 0.717) is 5.92 Å². The summed E-state index contributed by atoms with van der Waals surface area (Å²) in [6.45, 7) is 5.06. The Morgan fingerprint density at radius 3 is 2.82 bits per heavy atom. The minimum atomic E-state index is -0.137. The largest absolute Gasteiger partial charge is 0.496 e. The minimum Gasteiger partial charge on any atom is -0.496 e. The lowest BCUT2D eigenvalue weighted by molar-refractivity contribution is 0.0897. The molecule has 17 heavy (non-hydrogen) atoms. The lowest BCUT2D eigenvalue weighted by Crippen LogP contribution is -2.20. The van der Waals surface area contributed by atoms with Crippen LogP contribution in [0, 0.1) is 12.8 Å². The number of halogens is 1. The molecule has 0 bridgehead atoms. The van der Waals surface area contributed by atoms with Gasteiger partial charge in [-0.2, -0.15) is 0 Å². The molecule has 0 aromatic heterocycles. The van der Waals surface area contributed by atoms with E-state index in [1.165, 1.54) is 5.56 Å². The third-order valence-electron chi connectivity index (χ3n) is 3.42. The normalized spacial score (nSPS) is 25.9. The van der Waals surface area contributed by atoms with Crippen molar-refractivity contribution in [2.45, 2.75) is 31.7 Å². The second kappa shape index (κ2) is 5.28. The number of alkyl halides is 1. The van der Waals surface area contributed by atoms with Gasteiger partial charge in [-0.3, -0.25) is 0 Å². The van der Waals surface area contributed by atoms with Crippen LogP contribution in [0.5, 0.6) is 5.75 Å². The van der Waals surface area contributed by atoms with Crippen LogP contribution < -0.4 is 4.74 Å². The van der Waals surface area contributed by atoms with Crippen molar-refractivity contribution in [2.24, 2.45) is 5.92 Å². The summed E-state index contributed by atoms with van der Waals surface area (Å²) in [4.78, 5) is 0. The molecule has 1 heterocycles. The second-order valence-corrected chi connectivity index (χ2v) is 5.22. The van der Waals surface area contributed by atoms with Crippen molar-refractivity contribution in [3.8, 4) is 5.75 Å². The fourth-order valence-electron chi connectivity index (χ4n) is 2.34. The van der Waals surface area contributed by atoms with E-state index in [2.05, 4.69) is 19.9 Å². The summed E-state index contributed by atoms with van der Waals surface area (Å²) >= 11 is 6.56. The monoisotopic (exact) mass is 254 g/mol. The minimum absolute atomic E-state index is 0.0902. The zero-order chi connectivity index (χ0) is 12.4. The summed E-state index contributed by atoms with van der Waals surface area (Å²) in [5.41, 5.74) is 2.23. The van der Waals surface area contributed by atoms with Gasteiger partial charge in [0.25, 0.3) is 0 Å². The highest BCUT2D eigenvalue weighted by Crippen LogP contribution is 2.39. The predicted octanol–water partition coefficient (Wildman–Crippen LogP) is 3.71. The molecule has 0 N–H and O–H groups in total. The molecule has 1 aliphatic heterocycles. The third-order valence-corrected chi connectivity index (χ3v) is 3.90. The van der Waals surface area contributed by atoms with Gasteiger partial charge in [0.05, 0.1) is 18.6 Å². The van der Waals surface area contributed by atoms with E-state index in [4.69, 9.17) is 21.1 Å². The average molecular weight is 255 g/mol. The number of methoxy groups -OCH3 is 1. The van der Waals surface area contributed by atoms with Gasteiger partial charge in [-0.15, -0.1) is 11.6 Å². The maximum atomic E-state index is 6.56. The Labute approximate surface area is 108 Å². The Balaban J connectivity index is 2.28. The van der Waals surface area contributed by atoms with Gasteiger partial charge in [0.1, 0.15) is 5.75 Å². The van der Waals surface area contributed by atoms with Crippen molar-refractivity contribution in [1.82, 2.24) is 0 Å². The van der Waals surface area contributed by atoms with Crippen LogP contribution in [-0.4, -0.2) is 19.8 Å². The number of rotatable bonds is 3. The molecule has 0 radical (unpaired) electrons. The van der Waals surface area contributed by atoms with E-state index in [0.717, 1.165) is 24.3 Å². The van der Waals surface area contributed by atoms with Crippen molar-refractivity contribution in [3.05, 3.63) is 29.3 Å². The first-order valence-electron chi connectivity index (χ1n) is 6.03. The maximum absolute atomic E-state index is 6.56. The molecule has 1 fully saturated rings. The van der Waals surface area contributed by atoms with E-state index in [9.17, 15) is 0 Å². The molecule has 1 aliphatic rings. The average Bonchev–Trinajstić information content (AvgIpc) is 2.74. The first kappa shape index (κ1) is 12.7. The van der Waals surface area contributed by atoms with Crippen LogP contribution in [0.1, 0.15) is 29.8 Å². The van der Waals surface area contributed by atoms with Gasteiger partial charge in [-0.1, -0.05) is 24.6 Å². The summed E-state index contributed by atoms with van der Waals surface area (Å²) in [5, 5.41) is -0.137. The van der Waals surface area contributed by atoms with Gasteiger partial charge in [0.2, 0.25) is 0 Å². The summed E-state index contributed by atoms with van der Waals surface area (Å²) in [7, 11) is 1.68. The lowest BCUT2D eigenvalue weighted by atomic mass is 9.95. The zero-order valence-electron chi connectivity index (χ0n) is 10.6. The van der Waals surface area contributed by atoms with Crippen molar-refractivity contribution in [3.63, 3.8) is 0 Å². The summed E-state index contributed by atoms with van der Waals surface area (Å²) in [6, 6.07) is 6.09. The van der Waals surface area contributed by atoms with E-state index in [1.807, 2.05) is 12.1 Å². The number of hydrogen-bond acceptors (Lipinski definition) is 2. The van der Waals surface area contributed by atoms with E-state index in [-0.39, 0.29) is 11.5 Å². The fourth-order valence-corrected chi connectivity index (χ4v) is 2.83. The molecule has 0 aliphatic carbocycles. The van der Waals surface area contributed by atoms with Gasteiger partial charge in [0, 0.05) is 12.2 Å². The maximum Gasteiger partial charge on any atom is 0.123 e. The van der Waals surface area contributed by atoms with Crippen LogP contribution in [0.15, 0.2) is 18.2 Å². The van der Waals surface area contributed by atoms with E-state index < -0.39 is 0 Å². The molecular weight excluding hydrogens is 236 g/mol. The van der Waals surface area contributed by atoms with E-state index in [1.54, 1.807) is 7.11 Å². The van der Waals surface area contributed by atoms with Crippen LogP contribution in [0.3, 0.4) is 0 Å². The van der Waals surface area contributed by atoms with Crippen LogP contribution in [-0.2, 0) is 4.74 Å². The smallest absolute Gasteiger partial charge is 0.123 e. The molecule has 3 atom stereocenters. The van der Waals surface area contributed by atoms with Crippen molar-refractivity contribution in [1.29, 1.82) is 0 Å². The first-order chi connectivity index (χ1) is 8.13. The summed E-state index contributed by atoms with van der Waals surface area (Å²) in [5.74, 6) is 1.35. The Bertz CT molecular complexity index is 392. The SMILES string of the molecule is COc1ccc(C)cc1C(Cl)C1OCCC1C. The highest BCUT2D eigenvalue weighted by molar-refractivity contribution is 6.21. The quantitative estimate of drug-likeness (QED) is 0.766. The van der Waals surface area contributed by atoms with Gasteiger partial charge in [0.15, 0.2) is 0 Å². The molecule has 1 saturated heterocycles. The summed E-state index contributed by atoms with van der Waals surface area (Å²) in [6.07, 6.45) is 1.18. The van der Waals surface area contributed by atoms with Gasteiger partial charge in [-0.05, 0) is 25.3 Å². The standard InChI is InChI=1S/C14H19ClO2/c1-9-4-5-12(16-3)11(8-9)13(15)14-10(2)6-7-17-14/h4-5,8,10,13-14H,6-7H2,1-3H3. The molecule has 0 spiro atoms. The van der Waals surface area contributed by atoms with Crippen molar-refractivity contribution >= 4 is 11.6 Å². The number of aryl methyl sites for hydroxylation is 1. The molecule has 3 unspecified atom stereocenters. The van der Waals surface area contributed by atoms with E-state index >= 15 is 0 Å². The molecule has 1 aromatic rings. The Morgan fingerprint density at radius 2 is 2.24 bits per heavy atom. The predicted molar refractivity (Wildman–Crippen MR) is 69.8 cm³/mol. The zero-order valence-corrected chi connectivity index (χ0v) is 11.3. The van der Waals surface area contributed by atoms with Crippen LogP contribution in [0.25, 0.3) is 0 Å². The lowest BCUT2D eigenvalue weighted by Gasteiger charge is -2.23. The van der Waals surface area contributed by atoms with Crippen LogP contribution in [0.2, 0.25) is 0 Å². The molecule has 1 aromatic carbocycles. The third kappa shape index (κ3) is 2.58. The second-order valence-electron chi connectivity index (χ2n) is 4.75. The first-order valence-corrected chi connectivity index (χ1v) is 6.47. The Hall–Kier alpha value is -0.730. The number of benzene rings is 1. The summed E-state index contributed by atoms with van der Waals surface area (Å²) < 4.78 is 11.1. The number of hydrogen-bond donors (Lipinski definition) is 0. The van der Waals surface area contributed by atoms with Gasteiger partial charge in [-0.25, -0.2) is 0 Å². The molecule has 2 nitrogen and oxygen atoms in total. The molecule has 0 saturated carbocycles. The van der Waals surface area contributed by atoms with Gasteiger partial charge < -0.3 is 9.47 Å². The Kier molecular flexibility index (Phi) is 3.95. The topological polar surface area (TPSA) is 18.5 Å². The molecule has 0 amide bonds.